The van der Waals surface area contributed by atoms with Gasteiger partial charge in [0, 0.05) is 31.5 Å². The number of rotatable bonds is 4. The molecule has 0 bridgehead atoms. The molecule has 0 saturated carbocycles. The molecule has 1 atom stereocenters. The largest absolute Gasteiger partial charge is 0.454 e. The van der Waals surface area contributed by atoms with Crippen LogP contribution in [0.4, 0.5) is 5.95 Å². The molecule has 20 heavy (non-hydrogen) atoms. The van der Waals surface area contributed by atoms with E-state index in [0.717, 1.165) is 41.5 Å². The minimum absolute atomic E-state index is 0.454. The lowest BCUT2D eigenvalue weighted by atomic mass is 10.1. The fourth-order valence-electron chi connectivity index (χ4n) is 2.47. The van der Waals surface area contributed by atoms with Crippen molar-refractivity contribution in [2.45, 2.75) is 25.4 Å². The maximum atomic E-state index is 5.57. The highest BCUT2D eigenvalue weighted by atomic mass is 127. The second-order valence-corrected chi connectivity index (χ2v) is 5.98. The average Bonchev–Trinajstić information content (AvgIpc) is 2.92. The number of hydrogen-bond acceptors (Lipinski definition) is 5. The molecule has 106 valence electrons. The summed E-state index contributed by atoms with van der Waals surface area (Å²) in [5.41, 5.74) is 0. The summed E-state index contributed by atoms with van der Waals surface area (Å²) in [5.74, 6) is 1.81. The van der Waals surface area contributed by atoms with Crippen LogP contribution in [0.5, 0.6) is 0 Å². The predicted octanol–water partition coefficient (Wildman–Crippen LogP) is 2.43. The maximum absolute atomic E-state index is 5.57. The predicted molar refractivity (Wildman–Crippen MR) is 85.5 cm³/mol. The van der Waals surface area contributed by atoms with E-state index in [9.17, 15) is 0 Å². The second-order valence-electron chi connectivity index (χ2n) is 4.92. The van der Waals surface area contributed by atoms with Crippen molar-refractivity contribution < 1.29 is 4.42 Å². The first-order chi connectivity index (χ1) is 9.81. The van der Waals surface area contributed by atoms with Crippen LogP contribution in [-0.4, -0.2) is 29.1 Å². The van der Waals surface area contributed by atoms with Crippen LogP contribution in [0, 0.1) is 3.77 Å². The molecule has 1 saturated heterocycles. The van der Waals surface area contributed by atoms with Gasteiger partial charge in [-0.1, -0.05) is 0 Å². The molecule has 2 aromatic rings. The number of nitrogens with one attached hydrogen (secondary N) is 1. The molecule has 1 N–H and O–H groups in total. The van der Waals surface area contributed by atoms with Crippen LogP contribution in [0.2, 0.25) is 0 Å². The maximum Gasteiger partial charge on any atom is 0.225 e. The van der Waals surface area contributed by atoms with Crippen molar-refractivity contribution in [1.29, 1.82) is 0 Å². The van der Waals surface area contributed by atoms with Gasteiger partial charge in [-0.05, 0) is 53.6 Å². The average molecular weight is 384 g/mol. The van der Waals surface area contributed by atoms with Gasteiger partial charge in [-0.2, -0.15) is 0 Å². The first kappa shape index (κ1) is 13.8. The molecule has 1 fully saturated rings. The highest BCUT2D eigenvalue weighted by molar-refractivity contribution is 14.1. The van der Waals surface area contributed by atoms with Crippen LogP contribution in [-0.2, 0) is 6.54 Å². The van der Waals surface area contributed by atoms with Crippen molar-refractivity contribution in [2.24, 2.45) is 0 Å². The third-order valence-electron chi connectivity index (χ3n) is 3.45. The molecule has 6 heteroatoms. The quantitative estimate of drug-likeness (QED) is 0.821. The molecular formula is C14H17IN4O. The first-order valence-electron chi connectivity index (χ1n) is 6.81. The number of piperidine rings is 1. The molecular weight excluding hydrogens is 367 g/mol. The Bertz CT molecular complexity index is 545. The van der Waals surface area contributed by atoms with Gasteiger partial charge in [0.1, 0.15) is 5.76 Å². The Balaban J connectivity index is 1.55. The number of anilines is 1. The first-order valence-corrected chi connectivity index (χ1v) is 7.89. The summed E-state index contributed by atoms with van der Waals surface area (Å²) in [5, 5.41) is 3.56. The van der Waals surface area contributed by atoms with Crippen LogP contribution in [0.1, 0.15) is 18.6 Å². The van der Waals surface area contributed by atoms with Crippen molar-refractivity contribution in [1.82, 2.24) is 15.3 Å². The lowest BCUT2D eigenvalue weighted by molar-refractivity contribution is 0.388. The summed E-state index contributed by atoms with van der Waals surface area (Å²) in [4.78, 5) is 10.9. The molecule has 1 unspecified atom stereocenters. The Morgan fingerprint density at radius 2 is 2.20 bits per heavy atom. The van der Waals surface area contributed by atoms with E-state index >= 15 is 0 Å². The van der Waals surface area contributed by atoms with Crippen LogP contribution < -0.4 is 10.2 Å². The molecule has 0 spiro atoms. The van der Waals surface area contributed by atoms with Gasteiger partial charge in [-0.15, -0.1) is 0 Å². The molecule has 3 heterocycles. The van der Waals surface area contributed by atoms with E-state index < -0.39 is 0 Å². The van der Waals surface area contributed by atoms with Gasteiger partial charge >= 0.3 is 0 Å². The third-order valence-corrected chi connectivity index (χ3v) is 4.03. The van der Waals surface area contributed by atoms with Crippen LogP contribution >= 0.6 is 22.6 Å². The summed E-state index contributed by atoms with van der Waals surface area (Å²) in [7, 11) is 0. The number of halogens is 1. The zero-order valence-corrected chi connectivity index (χ0v) is 13.3. The van der Waals surface area contributed by atoms with Gasteiger partial charge < -0.3 is 14.6 Å². The fraction of sp³-hybridized carbons (Fsp3) is 0.429. The van der Waals surface area contributed by atoms with Gasteiger partial charge in [0.05, 0.1) is 6.54 Å². The highest BCUT2D eigenvalue weighted by Crippen LogP contribution is 2.16. The molecule has 1 aliphatic heterocycles. The van der Waals surface area contributed by atoms with E-state index in [1.54, 1.807) is 12.4 Å². The molecule has 1 aliphatic rings. The van der Waals surface area contributed by atoms with E-state index in [4.69, 9.17) is 4.42 Å². The Hall–Kier alpha value is -1.15. The molecule has 2 aromatic heterocycles. The van der Waals surface area contributed by atoms with Gasteiger partial charge in [-0.25, -0.2) is 9.97 Å². The van der Waals surface area contributed by atoms with Gasteiger partial charge in [0.25, 0.3) is 0 Å². The van der Waals surface area contributed by atoms with Crippen LogP contribution in [0.15, 0.2) is 35.0 Å². The molecule has 0 amide bonds. The van der Waals surface area contributed by atoms with E-state index in [-0.39, 0.29) is 0 Å². The van der Waals surface area contributed by atoms with Crippen molar-refractivity contribution in [3.8, 4) is 0 Å². The topological polar surface area (TPSA) is 54.2 Å². The minimum Gasteiger partial charge on any atom is -0.454 e. The van der Waals surface area contributed by atoms with Crippen LogP contribution in [0.3, 0.4) is 0 Å². The number of hydrogen-bond donors (Lipinski definition) is 1. The Labute approximate surface area is 131 Å². The Kier molecular flexibility index (Phi) is 4.51. The molecule has 5 nitrogen and oxygen atoms in total. The lowest BCUT2D eigenvalue weighted by Crippen LogP contribution is -2.46. The summed E-state index contributed by atoms with van der Waals surface area (Å²) in [6.45, 7) is 2.75. The van der Waals surface area contributed by atoms with Gasteiger partial charge in [0.15, 0.2) is 3.77 Å². The smallest absolute Gasteiger partial charge is 0.225 e. The standard InChI is InChI=1S/C14H17IN4O/c15-13-5-4-12(20-13)9-18-11-3-1-8-19(10-11)14-16-6-2-7-17-14/h2,4-7,11,18H,1,3,8-10H2. The van der Waals surface area contributed by atoms with Crippen molar-refractivity contribution in [2.75, 3.05) is 18.0 Å². The van der Waals surface area contributed by atoms with Crippen molar-refractivity contribution >= 4 is 28.5 Å². The molecule has 0 aliphatic carbocycles. The second kappa shape index (κ2) is 6.53. The zero-order valence-electron chi connectivity index (χ0n) is 11.1. The number of nitrogens with zero attached hydrogens (tertiary/aromatic N) is 3. The van der Waals surface area contributed by atoms with E-state index in [1.165, 1.54) is 6.42 Å². The fourth-order valence-corrected chi connectivity index (χ4v) is 2.93. The van der Waals surface area contributed by atoms with Gasteiger partial charge in [-0.3, -0.25) is 0 Å². The SMILES string of the molecule is Ic1ccc(CNC2CCCN(c3ncccn3)C2)o1. The van der Waals surface area contributed by atoms with Crippen molar-refractivity contribution in [3.63, 3.8) is 0 Å². The van der Waals surface area contributed by atoms with E-state index in [0.29, 0.717) is 6.04 Å². The summed E-state index contributed by atoms with van der Waals surface area (Å²) >= 11 is 2.19. The van der Waals surface area contributed by atoms with Crippen molar-refractivity contribution in [3.05, 3.63) is 40.1 Å². The van der Waals surface area contributed by atoms with E-state index in [1.807, 2.05) is 18.2 Å². The summed E-state index contributed by atoms with van der Waals surface area (Å²) in [6.07, 6.45) is 5.93. The molecule has 0 radical (unpaired) electrons. The minimum atomic E-state index is 0.454. The van der Waals surface area contributed by atoms with Gasteiger partial charge in [0.2, 0.25) is 5.95 Å². The Morgan fingerprint density at radius 1 is 1.35 bits per heavy atom. The van der Waals surface area contributed by atoms with Crippen LogP contribution in [0.25, 0.3) is 0 Å². The number of aromatic nitrogens is 2. The monoisotopic (exact) mass is 384 g/mol. The normalized spacial score (nSPS) is 19.2. The zero-order chi connectivity index (χ0) is 13.8. The third kappa shape index (κ3) is 3.49. The lowest BCUT2D eigenvalue weighted by Gasteiger charge is -2.33. The summed E-state index contributed by atoms with van der Waals surface area (Å²) in [6, 6.07) is 6.32. The number of furan rings is 1. The van der Waals surface area contributed by atoms with E-state index in [2.05, 4.69) is 42.8 Å². The molecule has 0 aromatic carbocycles. The molecule has 3 rings (SSSR count). The highest BCUT2D eigenvalue weighted by Gasteiger charge is 2.21. The summed E-state index contributed by atoms with van der Waals surface area (Å²) < 4.78 is 6.50. The Morgan fingerprint density at radius 3 is 2.95 bits per heavy atom.